The number of amides is 1. The normalized spacial score (nSPS) is 24.2. The second-order valence-electron chi connectivity index (χ2n) is 9.79. The minimum absolute atomic E-state index is 0.0520. The van der Waals surface area contributed by atoms with Crippen LogP contribution in [0, 0.1) is 0 Å². The fourth-order valence-electron chi connectivity index (χ4n) is 4.93. The lowest BCUT2D eigenvalue weighted by atomic mass is 9.96. The van der Waals surface area contributed by atoms with Gasteiger partial charge in [0.05, 0.1) is 12.2 Å². The molecular weight excluding hydrogens is 518 g/mol. The second kappa shape index (κ2) is 12.4. The highest BCUT2D eigenvalue weighted by atomic mass is 16.8. The molecule has 0 saturated carbocycles. The highest BCUT2D eigenvalue weighted by Crippen LogP contribution is 2.38. The summed E-state index contributed by atoms with van der Waals surface area (Å²) in [5.41, 5.74) is 2.56. The standard InChI is InChI=1S/C34H29NO6/c36-30(23-13-5-1-6-14-23)27(32(37)35-26-19-11-4-12-20-26)21-28-31-29(40-34(39-28)25-17-9-3-10-18-25)22-38-33(41-31)24-15-7-2-8-16-24/h1-21,28-29,31,33-34H,22H2,(H,35,37)/b27-21+/t28-,29+,31-,33+,34-/m0/s1. The minimum Gasteiger partial charge on any atom is -0.346 e. The minimum atomic E-state index is -0.793. The molecule has 0 unspecified atom stereocenters. The third kappa shape index (κ3) is 6.19. The lowest BCUT2D eigenvalue weighted by Gasteiger charge is -2.45. The van der Waals surface area contributed by atoms with Gasteiger partial charge in [0, 0.05) is 22.4 Å². The van der Waals surface area contributed by atoms with E-state index in [1.807, 2.05) is 84.9 Å². The summed E-state index contributed by atoms with van der Waals surface area (Å²) in [5, 5.41) is 2.85. The lowest BCUT2D eigenvalue weighted by Crippen LogP contribution is -2.53. The first-order chi connectivity index (χ1) is 20.2. The van der Waals surface area contributed by atoms with E-state index in [-0.39, 0.29) is 12.2 Å². The van der Waals surface area contributed by atoms with Crippen molar-refractivity contribution in [2.75, 3.05) is 11.9 Å². The third-order valence-corrected chi connectivity index (χ3v) is 6.99. The van der Waals surface area contributed by atoms with Crippen molar-refractivity contribution >= 4 is 17.4 Å². The summed E-state index contributed by atoms with van der Waals surface area (Å²) in [4.78, 5) is 27.4. The van der Waals surface area contributed by atoms with E-state index in [2.05, 4.69) is 5.32 Å². The smallest absolute Gasteiger partial charge is 0.259 e. The summed E-state index contributed by atoms with van der Waals surface area (Å²) in [6, 6.07) is 36.8. The molecule has 2 heterocycles. The SMILES string of the molecule is O=C(Nc1ccccc1)/C(=C/[C@@H]1O[C@H](c2ccccc2)O[C@@H]2CO[C@@H](c3ccccc3)O[C@@H]12)C(=O)c1ccccc1. The molecule has 0 aromatic heterocycles. The largest absolute Gasteiger partial charge is 0.346 e. The fourth-order valence-corrected chi connectivity index (χ4v) is 4.93. The number of para-hydroxylation sites is 1. The van der Waals surface area contributed by atoms with Crippen molar-refractivity contribution in [3.63, 3.8) is 0 Å². The summed E-state index contributed by atoms with van der Waals surface area (Å²) in [6.45, 7) is 0.249. The number of anilines is 1. The first-order valence-corrected chi connectivity index (χ1v) is 13.5. The molecule has 41 heavy (non-hydrogen) atoms. The number of carbonyl (C=O) groups excluding carboxylic acids is 2. The van der Waals surface area contributed by atoms with E-state index >= 15 is 0 Å². The van der Waals surface area contributed by atoms with E-state index in [9.17, 15) is 9.59 Å². The summed E-state index contributed by atoms with van der Waals surface area (Å²) >= 11 is 0. The molecule has 4 aromatic rings. The molecule has 6 rings (SSSR count). The molecule has 4 aromatic carbocycles. The summed E-state index contributed by atoms with van der Waals surface area (Å²) < 4.78 is 25.2. The molecule has 5 atom stereocenters. The number of carbonyl (C=O) groups is 2. The van der Waals surface area contributed by atoms with Crippen LogP contribution >= 0.6 is 0 Å². The molecule has 0 spiro atoms. The maximum atomic E-state index is 13.8. The van der Waals surface area contributed by atoms with E-state index in [1.54, 1.807) is 42.5 Å². The summed E-state index contributed by atoms with van der Waals surface area (Å²) in [5.74, 6) is -0.965. The van der Waals surface area contributed by atoms with E-state index in [4.69, 9.17) is 18.9 Å². The van der Waals surface area contributed by atoms with Gasteiger partial charge in [-0.05, 0) is 18.2 Å². The van der Waals surface area contributed by atoms with Crippen molar-refractivity contribution in [1.29, 1.82) is 0 Å². The van der Waals surface area contributed by atoms with Crippen LogP contribution in [-0.2, 0) is 23.7 Å². The number of ketones is 1. The van der Waals surface area contributed by atoms with Crippen molar-refractivity contribution in [2.24, 2.45) is 0 Å². The van der Waals surface area contributed by atoms with Gasteiger partial charge in [-0.2, -0.15) is 0 Å². The predicted molar refractivity (Wildman–Crippen MR) is 153 cm³/mol. The van der Waals surface area contributed by atoms with Crippen LogP contribution in [0.2, 0.25) is 0 Å². The molecule has 2 saturated heterocycles. The number of hydrogen-bond donors (Lipinski definition) is 1. The Morgan fingerprint density at radius 2 is 1.22 bits per heavy atom. The third-order valence-electron chi connectivity index (χ3n) is 6.99. The first kappa shape index (κ1) is 26.8. The molecule has 2 aliphatic heterocycles. The summed E-state index contributed by atoms with van der Waals surface area (Å²) in [6.07, 6.45) is -1.77. The highest BCUT2D eigenvalue weighted by molar-refractivity contribution is 6.28. The van der Waals surface area contributed by atoms with Crippen molar-refractivity contribution < 1.29 is 28.5 Å². The monoisotopic (exact) mass is 547 g/mol. The Hall–Kier alpha value is -4.40. The van der Waals surface area contributed by atoms with Crippen LogP contribution in [0.25, 0.3) is 0 Å². The van der Waals surface area contributed by atoms with E-state index < -0.39 is 42.6 Å². The number of rotatable bonds is 7. The molecule has 0 bridgehead atoms. The molecule has 206 valence electrons. The van der Waals surface area contributed by atoms with Gasteiger partial charge in [-0.15, -0.1) is 0 Å². The highest BCUT2D eigenvalue weighted by Gasteiger charge is 2.45. The number of ether oxygens (including phenoxy) is 4. The Bertz CT molecular complexity index is 1490. The fraction of sp³-hybridized carbons (Fsp3) is 0.176. The van der Waals surface area contributed by atoms with Gasteiger partial charge < -0.3 is 24.3 Å². The van der Waals surface area contributed by atoms with Gasteiger partial charge in [0.2, 0.25) is 0 Å². The number of nitrogens with one attached hydrogen (secondary N) is 1. The maximum Gasteiger partial charge on any atom is 0.259 e. The van der Waals surface area contributed by atoms with Crippen molar-refractivity contribution in [2.45, 2.75) is 30.9 Å². The van der Waals surface area contributed by atoms with Gasteiger partial charge in [0.1, 0.15) is 18.3 Å². The van der Waals surface area contributed by atoms with Crippen molar-refractivity contribution in [3.05, 3.63) is 150 Å². The molecule has 1 amide bonds. The number of hydrogen-bond acceptors (Lipinski definition) is 6. The Labute approximate surface area is 238 Å². The maximum absolute atomic E-state index is 13.8. The van der Waals surface area contributed by atoms with Crippen LogP contribution in [-0.4, -0.2) is 36.6 Å². The van der Waals surface area contributed by atoms with Crippen molar-refractivity contribution in [1.82, 2.24) is 0 Å². The van der Waals surface area contributed by atoms with Crippen LogP contribution in [0.15, 0.2) is 133 Å². The summed E-state index contributed by atoms with van der Waals surface area (Å²) in [7, 11) is 0. The van der Waals surface area contributed by atoms with Gasteiger partial charge in [0.25, 0.3) is 5.91 Å². The van der Waals surface area contributed by atoms with Gasteiger partial charge in [-0.1, -0.05) is 109 Å². The molecule has 0 radical (unpaired) electrons. The van der Waals surface area contributed by atoms with Crippen LogP contribution in [0.4, 0.5) is 5.69 Å². The Morgan fingerprint density at radius 3 is 1.85 bits per heavy atom. The average molecular weight is 548 g/mol. The van der Waals surface area contributed by atoms with E-state index in [0.717, 1.165) is 11.1 Å². The van der Waals surface area contributed by atoms with Crippen LogP contribution in [0.5, 0.6) is 0 Å². The Kier molecular flexibility index (Phi) is 8.11. The number of fused-ring (bicyclic) bond motifs is 1. The molecule has 7 nitrogen and oxygen atoms in total. The first-order valence-electron chi connectivity index (χ1n) is 13.5. The quantitative estimate of drug-likeness (QED) is 0.132. The zero-order valence-electron chi connectivity index (χ0n) is 22.2. The number of Topliss-reactive ketones (excluding diaryl/α,β-unsaturated/α-hetero) is 1. The lowest BCUT2D eigenvalue weighted by molar-refractivity contribution is -0.356. The average Bonchev–Trinajstić information content (AvgIpc) is 3.04. The van der Waals surface area contributed by atoms with Gasteiger partial charge >= 0.3 is 0 Å². The van der Waals surface area contributed by atoms with Gasteiger partial charge in [-0.25, -0.2) is 0 Å². The number of benzene rings is 4. The zero-order valence-corrected chi connectivity index (χ0v) is 22.2. The molecule has 1 N–H and O–H groups in total. The van der Waals surface area contributed by atoms with E-state index in [0.29, 0.717) is 11.3 Å². The van der Waals surface area contributed by atoms with Crippen LogP contribution < -0.4 is 5.32 Å². The predicted octanol–water partition coefficient (Wildman–Crippen LogP) is 6.03. The second-order valence-corrected chi connectivity index (χ2v) is 9.79. The molecule has 0 aliphatic carbocycles. The van der Waals surface area contributed by atoms with E-state index in [1.165, 1.54) is 0 Å². The molecule has 7 heteroatoms. The van der Waals surface area contributed by atoms with Crippen LogP contribution in [0.1, 0.15) is 34.1 Å². The Morgan fingerprint density at radius 1 is 0.659 bits per heavy atom. The molecule has 2 aliphatic rings. The zero-order chi connectivity index (χ0) is 28.0. The van der Waals surface area contributed by atoms with Gasteiger partial charge in [0.15, 0.2) is 18.4 Å². The van der Waals surface area contributed by atoms with Gasteiger partial charge in [-0.3, -0.25) is 9.59 Å². The van der Waals surface area contributed by atoms with Crippen LogP contribution in [0.3, 0.4) is 0 Å². The topological polar surface area (TPSA) is 83.1 Å². The van der Waals surface area contributed by atoms with Crippen molar-refractivity contribution in [3.8, 4) is 0 Å². The molecular formula is C34H29NO6. The molecule has 2 fully saturated rings. The Balaban J connectivity index is 1.38.